The van der Waals surface area contributed by atoms with E-state index in [2.05, 4.69) is 4.18 Å². The van der Waals surface area contributed by atoms with Gasteiger partial charge >= 0.3 is 10.1 Å². The molecule has 1 atom stereocenters. The minimum Gasteiger partial charge on any atom is -0.380 e. The van der Waals surface area contributed by atoms with Gasteiger partial charge in [-0.3, -0.25) is 4.55 Å². The Bertz CT molecular complexity index is 709. The predicted molar refractivity (Wildman–Crippen MR) is 72.0 cm³/mol. The van der Waals surface area contributed by atoms with E-state index in [1.54, 1.807) is 0 Å². The Morgan fingerprint density at radius 2 is 1.75 bits per heavy atom. The second-order valence-corrected chi connectivity index (χ2v) is 7.44. The average Bonchev–Trinajstić information content (AvgIpc) is 2.29. The molecule has 0 aliphatic carbocycles. The van der Waals surface area contributed by atoms with Crippen molar-refractivity contribution in [2.45, 2.75) is 24.2 Å². The van der Waals surface area contributed by atoms with Gasteiger partial charge in [-0.05, 0) is 25.0 Å². The van der Waals surface area contributed by atoms with Crippen molar-refractivity contribution < 1.29 is 30.7 Å². The Hall–Kier alpha value is -0.870. The van der Waals surface area contributed by atoms with Crippen LogP contribution in [0, 0.1) is 13.8 Å². The Morgan fingerprint density at radius 1 is 1.20 bits per heavy atom. The van der Waals surface area contributed by atoms with E-state index in [1.807, 2.05) is 0 Å². The van der Waals surface area contributed by atoms with Crippen molar-refractivity contribution in [1.82, 2.24) is 0 Å². The Labute approximate surface area is 122 Å². The normalized spacial score (nSPS) is 14.1. The first kappa shape index (κ1) is 17.2. The van der Waals surface area contributed by atoms with E-state index in [9.17, 15) is 21.9 Å². The molecule has 0 fully saturated rings. The highest BCUT2D eigenvalue weighted by atomic mass is 35.5. The zero-order chi connectivity index (χ0) is 15.7. The lowest BCUT2D eigenvalue weighted by molar-refractivity contribution is 0.256. The molecule has 1 aromatic rings. The maximum absolute atomic E-state index is 11.6. The van der Waals surface area contributed by atoms with Crippen LogP contribution in [0.1, 0.15) is 11.1 Å². The van der Waals surface area contributed by atoms with E-state index in [1.165, 1.54) is 19.9 Å². The van der Waals surface area contributed by atoms with E-state index < -0.39 is 36.4 Å². The zero-order valence-electron chi connectivity index (χ0n) is 10.6. The fraction of sp³-hybridized carbons (Fsp3) is 0.400. The second kappa shape index (κ2) is 5.86. The largest absolute Gasteiger partial charge is 0.380 e. The molecular formula is C10H13ClO7S2. The molecule has 0 aliphatic heterocycles. The van der Waals surface area contributed by atoms with Crippen molar-refractivity contribution >= 4 is 31.8 Å². The molecule has 7 nitrogen and oxygen atoms in total. The molecule has 114 valence electrons. The number of aliphatic hydroxyl groups is 1. The molecule has 1 rings (SSSR count). The molecule has 2 N–H and O–H groups in total. The van der Waals surface area contributed by atoms with E-state index >= 15 is 0 Å². The fourth-order valence-corrected chi connectivity index (χ4v) is 3.32. The Morgan fingerprint density at radius 3 is 2.20 bits per heavy atom. The lowest BCUT2D eigenvalue weighted by Gasteiger charge is -2.14. The van der Waals surface area contributed by atoms with Crippen molar-refractivity contribution in [3.8, 4) is 5.75 Å². The molecule has 1 aromatic carbocycles. The molecular weight excluding hydrogens is 332 g/mol. The van der Waals surface area contributed by atoms with E-state index in [-0.39, 0.29) is 11.3 Å². The summed E-state index contributed by atoms with van der Waals surface area (Å²) in [6, 6.07) is 2.21. The summed E-state index contributed by atoms with van der Waals surface area (Å²) in [6.45, 7) is 2.92. The van der Waals surface area contributed by atoms with Crippen LogP contribution in [-0.2, 0) is 20.2 Å². The first-order chi connectivity index (χ1) is 8.99. The van der Waals surface area contributed by atoms with E-state index in [4.69, 9.17) is 16.2 Å². The van der Waals surface area contributed by atoms with Crippen molar-refractivity contribution in [3.05, 3.63) is 23.3 Å². The van der Waals surface area contributed by atoms with Crippen LogP contribution in [0.5, 0.6) is 5.75 Å². The van der Waals surface area contributed by atoms with E-state index in [0.717, 1.165) is 6.07 Å². The molecule has 1 unspecified atom stereocenters. The molecule has 0 bridgehead atoms. The summed E-state index contributed by atoms with van der Waals surface area (Å²) in [6.07, 6.45) is 0. The number of hydrogen-bond acceptors (Lipinski definition) is 6. The number of alkyl halides is 1. The van der Waals surface area contributed by atoms with Gasteiger partial charge in [0.2, 0.25) is 5.44 Å². The van der Waals surface area contributed by atoms with Crippen molar-refractivity contribution in [2.24, 2.45) is 0 Å². The molecule has 0 saturated heterocycles. The second-order valence-electron chi connectivity index (χ2n) is 4.04. The minimum absolute atomic E-state index is 0.229. The number of aliphatic hydroxyl groups excluding tert-OH is 1. The van der Waals surface area contributed by atoms with Crippen LogP contribution in [-0.4, -0.2) is 37.8 Å². The van der Waals surface area contributed by atoms with Gasteiger partial charge in [0, 0.05) is 6.07 Å². The number of rotatable bonds is 5. The highest BCUT2D eigenvalue weighted by Crippen LogP contribution is 2.27. The first-order valence-electron chi connectivity index (χ1n) is 5.25. The molecule has 0 heterocycles. The minimum atomic E-state index is -4.52. The third-order valence-corrected chi connectivity index (χ3v) is 5.14. The van der Waals surface area contributed by atoms with Gasteiger partial charge in [0.1, 0.15) is 10.6 Å². The molecule has 10 heteroatoms. The third kappa shape index (κ3) is 3.83. The van der Waals surface area contributed by atoms with Gasteiger partial charge in [-0.1, -0.05) is 6.07 Å². The number of halogens is 1. The van der Waals surface area contributed by atoms with Gasteiger partial charge in [-0.25, -0.2) is 0 Å². The summed E-state index contributed by atoms with van der Waals surface area (Å²) in [7, 11) is -8.93. The van der Waals surface area contributed by atoms with Crippen molar-refractivity contribution in [2.75, 3.05) is 5.88 Å². The highest BCUT2D eigenvalue weighted by molar-refractivity contribution is 7.87. The summed E-state index contributed by atoms with van der Waals surface area (Å²) in [5.41, 5.74) is -1.40. The van der Waals surface area contributed by atoms with Crippen LogP contribution in [0.4, 0.5) is 0 Å². The average molecular weight is 345 g/mol. The van der Waals surface area contributed by atoms with Crippen LogP contribution >= 0.6 is 11.6 Å². The maximum atomic E-state index is 11.6. The number of aryl methyl sites for hydroxylation is 2. The summed E-state index contributed by atoms with van der Waals surface area (Å²) >= 11 is 5.23. The van der Waals surface area contributed by atoms with Crippen molar-refractivity contribution in [1.29, 1.82) is 0 Å². The molecule has 0 amide bonds. The highest BCUT2D eigenvalue weighted by Gasteiger charge is 2.26. The smallest absolute Gasteiger partial charge is 0.337 e. The number of hydrogen-bond donors (Lipinski definition) is 2. The van der Waals surface area contributed by atoms with Crippen molar-refractivity contribution in [3.63, 3.8) is 0 Å². The Kier molecular flexibility index (Phi) is 5.03. The standard InChI is InChI=1S/C10H13ClO7S2/c1-6-3-7(2)9(19(13,14)15)4-8(6)18-20(16,17)10(12)5-11/h3-4,10,12H,5H2,1-2H3,(H,13,14,15). The third-order valence-electron chi connectivity index (χ3n) is 2.42. The van der Waals surface area contributed by atoms with Crippen LogP contribution in [0.2, 0.25) is 0 Å². The van der Waals surface area contributed by atoms with Gasteiger partial charge < -0.3 is 9.29 Å². The topological polar surface area (TPSA) is 118 Å². The summed E-state index contributed by atoms with van der Waals surface area (Å²) in [5.74, 6) is -0.911. The van der Waals surface area contributed by atoms with Crippen LogP contribution < -0.4 is 4.18 Å². The predicted octanol–water partition coefficient (Wildman–Crippen LogP) is 0.816. The monoisotopic (exact) mass is 344 g/mol. The fourth-order valence-electron chi connectivity index (χ4n) is 1.44. The quantitative estimate of drug-likeness (QED) is 0.461. The lowest BCUT2D eigenvalue weighted by Crippen LogP contribution is -2.27. The van der Waals surface area contributed by atoms with Crippen LogP contribution in [0.15, 0.2) is 17.0 Å². The Balaban J connectivity index is 3.35. The first-order valence-corrected chi connectivity index (χ1v) is 8.69. The van der Waals surface area contributed by atoms with Gasteiger partial charge in [0.05, 0.1) is 5.88 Å². The maximum Gasteiger partial charge on any atom is 0.337 e. The SMILES string of the molecule is Cc1cc(C)c(S(=O)(=O)O)cc1OS(=O)(=O)C(O)CCl. The van der Waals surface area contributed by atoms with Crippen LogP contribution in [0.3, 0.4) is 0 Å². The van der Waals surface area contributed by atoms with Crippen LogP contribution in [0.25, 0.3) is 0 Å². The van der Waals surface area contributed by atoms with Gasteiger partial charge in [0.25, 0.3) is 10.1 Å². The summed E-state index contributed by atoms with van der Waals surface area (Å²) in [5, 5.41) is 9.21. The van der Waals surface area contributed by atoms with Gasteiger partial charge in [0.15, 0.2) is 0 Å². The van der Waals surface area contributed by atoms with Gasteiger partial charge in [-0.15, -0.1) is 11.6 Å². The van der Waals surface area contributed by atoms with E-state index in [0.29, 0.717) is 5.56 Å². The lowest BCUT2D eigenvalue weighted by atomic mass is 10.1. The molecule has 20 heavy (non-hydrogen) atoms. The molecule has 0 aromatic heterocycles. The summed E-state index contributed by atoms with van der Waals surface area (Å²) < 4.78 is 59.1. The molecule has 0 spiro atoms. The molecule has 0 radical (unpaired) electrons. The summed E-state index contributed by atoms with van der Waals surface area (Å²) in [4.78, 5) is -0.478. The van der Waals surface area contributed by atoms with Gasteiger partial charge in [-0.2, -0.15) is 16.8 Å². The molecule has 0 saturated carbocycles. The zero-order valence-corrected chi connectivity index (χ0v) is 13.0. The molecule has 0 aliphatic rings. The number of benzene rings is 1.